The molecule has 4 atom stereocenters. The smallest absolute Gasteiger partial charge is 0.257 e. The van der Waals surface area contributed by atoms with Crippen LogP contribution in [0.3, 0.4) is 0 Å². The van der Waals surface area contributed by atoms with Crippen molar-refractivity contribution in [1.29, 1.82) is 0 Å². The minimum absolute atomic E-state index is 0.122. The zero-order chi connectivity index (χ0) is 21.2. The highest BCUT2D eigenvalue weighted by Gasteiger charge is 2.61. The number of fused-ring (bicyclic) bond motifs is 5. The van der Waals surface area contributed by atoms with Gasteiger partial charge in [-0.3, -0.25) is 14.4 Å². The monoisotopic (exact) mass is 420 g/mol. The van der Waals surface area contributed by atoms with Gasteiger partial charge in [-0.05, 0) is 61.9 Å². The predicted molar refractivity (Wildman–Crippen MR) is 115 cm³/mol. The number of benzene rings is 2. The average Bonchev–Trinajstić information content (AvgIpc) is 3.36. The second-order valence-corrected chi connectivity index (χ2v) is 8.77. The largest absolute Gasteiger partial charge is 0.322 e. The molecule has 0 radical (unpaired) electrons. The lowest BCUT2D eigenvalue weighted by Crippen LogP contribution is -2.34. The van der Waals surface area contributed by atoms with Gasteiger partial charge in [0.15, 0.2) is 0 Å². The molecule has 5 nitrogen and oxygen atoms in total. The van der Waals surface area contributed by atoms with Gasteiger partial charge in [0, 0.05) is 10.7 Å². The van der Waals surface area contributed by atoms with Crippen LogP contribution in [0.25, 0.3) is 0 Å². The molecule has 2 aromatic carbocycles. The molecule has 0 aromatic heterocycles. The summed E-state index contributed by atoms with van der Waals surface area (Å²) in [6, 6.07) is 12.1. The lowest BCUT2D eigenvalue weighted by molar-refractivity contribution is -0.123. The zero-order valence-corrected chi connectivity index (χ0v) is 17.4. The number of para-hydroxylation sites is 1. The molecule has 2 aromatic rings. The third kappa shape index (κ3) is 2.65. The lowest BCUT2D eigenvalue weighted by Gasteiger charge is -2.21. The highest BCUT2D eigenvalue weighted by molar-refractivity contribution is 6.32. The Morgan fingerprint density at radius 3 is 2.57 bits per heavy atom. The van der Waals surface area contributed by atoms with Crippen LogP contribution in [0.4, 0.5) is 11.4 Å². The summed E-state index contributed by atoms with van der Waals surface area (Å²) in [4.78, 5) is 40.9. The van der Waals surface area contributed by atoms with Crippen molar-refractivity contribution in [2.75, 3.05) is 10.2 Å². The molecule has 1 heterocycles. The molecule has 0 unspecified atom stereocenters. The molecule has 2 fully saturated rings. The number of hydrogen-bond donors (Lipinski definition) is 1. The first-order valence-electron chi connectivity index (χ1n) is 10.1. The molecular formula is C24H21ClN2O3. The maximum absolute atomic E-state index is 13.3. The van der Waals surface area contributed by atoms with Crippen LogP contribution in [0.2, 0.25) is 5.02 Å². The van der Waals surface area contributed by atoms with Gasteiger partial charge in [-0.1, -0.05) is 41.4 Å². The molecule has 1 saturated carbocycles. The lowest BCUT2D eigenvalue weighted by atomic mass is 9.82. The number of hydrogen-bond acceptors (Lipinski definition) is 3. The Morgan fingerprint density at radius 1 is 1.03 bits per heavy atom. The van der Waals surface area contributed by atoms with Gasteiger partial charge in [-0.15, -0.1) is 0 Å². The summed E-state index contributed by atoms with van der Waals surface area (Å²) in [6.45, 7) is 3.86. The molecule has 3 amide bonds. The van der Waals surface area contributed by atoms with Gasteiger partial charge in [0.25, 0.3) is 5.91 Å². The van der Waals surface area contributed by atoms with E-state index in [0.29, 0.717) is 16.4 Å². The Hall–Kier alpha value is -2.92. The van der Waals surface area contributed by atoms with E-state index in [1.807, 2.05) is 13.8 Å². The fourth-order valence-corrected chi connectivity index (χ4v) is 5.48. The number of amides is 3. The number of rotatable bonds is 3. The van der Waals surface area contributed by atoms with E-state index in [2.05, 4.69) is 11.4 Å². The number of carbonyl (C=O) groups excluding carboxylic acids is 3. The normalized spacial score (nSPS) is 26.8. The molecule has 1 N–H and O–H groups in total. The molecule has 6 heteroatoms. The zero-order valence-electron chi connectivity index (χ0n) is 16.7. The quantitative estimate of drug-likeness (QED) is 0.582. The Morgan fingerprint density at radius 2 is 1.77 bits per heavy atom. The fourth-order valence-electron chi connectivity index (χ4n) is 5.30. The number of nitrogens with one attached hydrogen (secondary N) is 1. The topological polar surface area (TPSA) is 66.5 Å². The molecule has 1 aliphatic heterocycles. The van der Waals surface area contributed by atoms with Crippen LogP contribution >= 0.6 is 11.6 Å². The van der Waals surface area contributed by atoms with Crippen LogP contribution < -0.4 is 10.2 Å². The average molecular weight is 421 g/mol. The van der Waals surface area contributed by atoms with Gasteiger partial charge in [0.05, 0.1) is 23.1 Å². The van der Waals surface area contributed by atoms with E-state index in [-0.39, 0.29) is 47.0 Å². The van der Waals surface area contributed by atoms with E-state index in [1.54, 1.807) is 42.5 Å². The molecule has 2 bridgehead atoms. The van der Waals surface area contributed by atoms with E-state index in [4.69, 9.17) is 11.6 Å². The van der Waals surface area contributed by atoms with E-state index in [0.717, 1.165) is 12.0 Å². The second kappa shape index (κ2) is 6.81. The van der Waals surface area contributed by atoms with Crippen LogP contribution in [-0.2, 0) is 9.59 Å². The summed E-state index contributed by atoms with van der Waals surface area (Å²) < 4.78 is 0. The van der Waals surface area contributed by atoms with Crippen LogP contribution in [0.15, 0.2) is 54.1 Å². The molecule has 2 aliphatic carbocycles. The maximum atomic E-state index is 13.3. The first kappa shape index (κ1) is 19.1. The van der Waals surface area contributed by atoms with Crippen LogP contribution in [0.5, 0.6) is 0 Å². The molecule has 30 heavy (non-hydrogen) atoms. The molecule has 152 valence electrons. The SMILES string of the molecule is CC1=C[C@H]2C[C@H]1[C@@H]1C(=O)N(c3ccccc3C(=O)Nc3cccc(Cl)c3C)C(=O)[C@@H]12. The van der Waals surface area contributed by atoms with Crippen LogP contribution in [0, 0.1) is 30.6 Å². The van der Waals surface area contributed by atoms with Gasteiger partial charge in [0.1, 0.15) is 0 Å². The Labute approximate surface area is 179 Å². The van der Waals surface area contributed by atoms with Gasteiger partial charge < -0.3 is 5.32 Å². The Kier molecular flexibility index (Phi) is 4.33. The van der Waals surface area contributed by atoms with Crippen molar-refractivity contribution in [3.05, 3.63) is 70.3 Å². The molecular weight excluding hydrogens is 400 g/mol. The number of carbonyl (C=O) groups is 3. The van der Waals surface area contributed by atoms with E-state index >= 15 is 0 Å². The van der Waals surface area contributed by atoms with Crippen molar-refractivity contribution in [3.8, 4) is 0 Å². The van der Waals surface area contributed by atoms with Crippen molar-refractivity contribution >= 4 is 40.7 Å². The van der Waals surface area contributed by atoms with Crippen molar-refractivity contribution in [2.45, 2.75) is 20.3 Å². The van der Waals surface area contributed by atoms with Crippen molar-refractivity contribution < 1.29 is 14.4 Å². The van der Waals surface area contributed by atoms with Crippen molar-refractivity contribution in [3.63, 3.8) is 0 Å². The number of halogens is 1. The summed E-state index contributed by atoms with van der Waals surface area (Å²) in [5.74, 6) is -1.13. The number of anilines is 2. The summed E-state index contributed by atoms with van der Waals surface area (Å²) >= 11 is 6.16. The highest BCUT2D eigenvalue weighted by atomic mass is 35.5. The van der Waals surface area contributed by atoms with E-state index in [9.17, 15) is 14.4 Å². The minimum Gasteiger partial charge on any atom is -0.322 e. The first-order valence-corrected chi connectivity index (χ1v) is 10.5. The highest BCUT2D eigenvalue weighted by Crippen LogP contribution is 2.56. The minimum atomic E-state index is -0.383. The third-order valence-electron chi connectivity index (χ3n) is 6.79. The van der Waals surface area contributed by atoms with Crippen molar-refractivity contribution in [2.24, 2.45) is 23.7 Å². The Balaban J connectivity index is 1.49. The third-order valence-corrected chi connectivity index (χ3v) is 7.20. The van der Waals surface area contributed by atoms with Gasteiger partial charge in [0.2, 0.25) is 11.8 Å². The second-order valence-electron chi connectivity index (χ2n) is 8.36. The molecule has 3 aliphatic rings. The van der Waals surface area contributed by atoms with Gasteiger partial charge in [-0.2, -0.15) is 0 Å². The van der Waals surface area contributed by atoms with Crippen LogP contribution in [0.1, 0.15) is 29.3 Å². The van der Waals surface area contributed by atoms with Gasteiger partial charge in [-0.25, -0.2) is 4.90 Å². The summed E-state index contributed by atoms with van der Waals surface area (Å²) in [6.07, 6.45) is 3.02. The summed E-state index contributed by atoms with van der Waals surface area (Å²) in [5.41, 5.74) is 3.18. The summed E-state index contributed by atoms with van der Waals surface area (Å²) in [7, 11) is 0. The number of imide groups is 1. The van der Waals surface area contributed by atoms with Gasteiger partial charge >= 0.3 is 0 Å². The molecule has 1 saturated heterocycles. The van der Waals surface area contributed by atoms with Crippen molar-refractivity contribution in [1.82, 2.24) is 0 Å². The van der Waals surface area contributed by atoms with Crippen LogP contribution in [-0.4, -0.2) is 17.7 Å². The standard InChI is InChI=1S/C24H21ClN2O3/c1-12-10-14-11-16(12)21-20(14)23(29)27(24(21)30)19-9-4-3-6-15(19)22(28)26-18-8-5-7-17(25)13(18)2/h3-10,14,16,20-21H,11H2,1-2H3,(H,26,28)/t14-,16+,20+,21-/m0/s1. The number of nitrogens with zero attached hydrogens (tertiary/aromatic N) is 1. The molecule has 0 spiro atoms. The van der Waals surface area contributed by atoms with E-state index < -0.39 is 0 Å². The maximum Gasteiger partial charge on any atom is 0.257 e. The Bertz CT molecular complexity index is 1140. The first-order chi connectivity index (χ1) is 14.4. The fraction of sp³-hybridized carbons (Fsp3) is 0.292. The van der Waals surface area contributed by atoms with E-state index in [1.165, 1.54) is 10.5 Å². The number of allylic oxidation sites excluding steroid dienone is 2. The molecule has 5 rings (SSSR count). The summed E-state index contributed by atoms with van der Waals surface area (Å²) in [5, 5.41) is 3.42. The predicted octanol–water partition coefficient (Wildman–Crippen LogP) is 4.60.